The summed E-state index contributed by atoms with van der Waals surface area (Å²) in [7, 11) is 0. The lowest BCUT2D eigenvalue weighted by molar-refractivity contribution is -0.113. The summed E-state index contributed by atoms with van der Waals surface area (Å²) in [5.41, 5.74) is 0. The largest absolute Gasteiger partial charge is 0.393 e. The van der Waals surface area contributed by atoms with Gasteiger partial charge in [0.2, 0.25) is 0 Å². The number of aliphatic hydroxyl groups excluding tert-OH is 5. The minimum Gasteiger partial charge on any atom is -0.393 e. The molecule has 0 radical (unpaired) electrons. The molecule has 6 N–H and O–H groups in total. The van der Waals surface area contributed by atoms with Gasteiger partial charge < -0.3 is 35.6 Å². The molecular weight excluding hydrogens is 610 g/mol. The van der Waals surface area contributed by atoms with Gasteiger partial charge in [0.15, 0.2) is 0 Å². The molecule has 7 unspecified atom stereocenters. The number of nitrogens with one attached hydrogen (secondary N) is 1. The minimum atomic E-state index is -1.33. The summed E-state index contributed by atoms with van der Waals surface area (Å²) in [4.78, 5) is 0.655. The maximum absolute atomic E-state index is 10.8. The number of unbranched alkanes of at least 4 members (excludes halogenated alkanes) is 22. The first-order chi connectivity index (χ1) is 22.8. The summed E-state index contributed by atoms with van der Waals surface area (Å²) in [6, 6.07) is -0.558. The summed E-state index contributed by atoms with van der Waals surface area (Å²) < 4.78 is 5.80. The van der Waals surface area contributed by atoms with Crippen LogP contribution in [0.15, 0.2) is 12.2 Å². The first-order valence-corrected chi connectivity index (χ1v) is 20.2. The van der Waals surface area contributed by atoms with E-state index in [1.165, 1.54) is 147 Å². The van der Waals surface area contributed by atoms with Gasteiger partial charge in [-0.2, -0.15) is 0 Å². The minimum absolute atomic E-state index is 0.0338. The average molecular weight is 686 g/mol. The van der Waals surface area contributed by atoms with E-state index in [0.29, 0.717) is 11.4 Å². The molecule has 0 aromatic carbocycles. The molecule has 1 aliphatic rings. The van der Waals surface area contributed by atoms with Crippen molar-refractivity contribution in [2.75, 3.05) is 6.61 Å². The second-order valence-electron chi connectivity index (χ2n) is 14.2. The fourth-order valence-electron chi connectivity index (χ4n) is 6.42. The third kappa shape index (κ3) is 23.4. The second-order valence-corrected chi connectivity index (χ2v) is 14.7. The van der Waals surface area contributed by atoms with Crippen molar-refractivity contribution in [2.24, 2.45) is 0 Å². The van der Waals surface area contributed by atoms with Gasteiger partial charge >= 0.3 is 0 Å². The fraction of sp³-hybridized carbons (Fsp3) is 0.923. The SMILES string of the molecule is CCCCCCCCCCCCCCCCCCCCCCCCCC(=S)NC(COC1C=CC(O)C(O)C1O)C(O)CC(O)CC. The quantitative estimate of drug-likeness (QED) is 0.0238. The molecule has 7 nitrogen and oxygen atoms in total. The van der Waals surface area contributed by atoms with Crippen molar-refractivity contribution in [3.8, 4) is 0 Å². The van der Waals surface area contributed by atoms with Crippen molar-refractivity contribution >= 4 is 17.2 Å². The van der Waals surface area contributed by atoms with Crippen LogP contribution in [0.5, 0.6) is 0 Å². The van der Waals surface area contributed by atoms with Gasteiger partial charge in [0, 0.05) is 6.42 Å². The summed E-state index contributed by atoms with van der Waals surface area (Å²) in [5.74, 6) is 0. The second kappa shape index (κ2) is 30.2. The molecule has 0 aromatic heterocycles. The molecule has 0 aromatic rings. The van der Waals surface area contributed by atoms with Crippen molar-refractivity contribution in [2.45, 2.75) is 223 Å². The molecule has 0 heterocycles. The fourth-order valence-corrected chi connectivity index (χ4v) is 6.72. The monoisotopic (exact) mass is 686 g/mol. The van der Waals surface area contributed by atoms with Gasteiger partial charge in [-0.1, -0.05) is 179 Å². The molecular formula is C39H75NO6S. The van der Waals surface area contributed by atoms with E-state index in [4.69, 9.17) is 17.0 Å². The van der Waals surface area contributed by atoms with Crippen molar-refractivity contribution in [1.29, 1.82) is 0 Å². The lowest BCUT2D eigenvalue weighted by Gasteiger charge is -2.33. The van der Waals surface area contributed by atoms with Crippen LogP contribution in [0, 0.1) is 0 Å². The van der Waals surface area contributed by atoms with Crippen molar-refractivity contribution in [3.05, 3.63) is 12.2 Å². The van der Waals surface area contributed by atoms with E-state index < -0.39 is 42.7 Å². The first-order valence-electron chi connectivity index (χ1n) is 19.8. The van der Waals surface area contributed by atoms with E-state index in [0.717, 1.165) is 19.3 Å². The summed E-state index contributed by atoms with van der Waals surface area (Å²) >= 11 is 5.58. The molecule has 8 heteroatoms. The third-order valence-corrected chi connectivity index (χ3v) is 10.1. The van der Waals surface area contributed by atoms with Gasteiger partial charge in [-0.3, -0.25) is 0 Å². The molecule has 7 atom stereocenters. The lowest BCUT2D eigenvalue weighted by atomic mass is 9.96. The van der Waals surface area contributed by atoms with Crippen LogP contribution in [0.2, 0.25) is 0 Å². The zero-order chi connectivity index (χ0) is 34.5. The molecule has 0 aliphatic heterocycles. The summed E-state index contributed by atoms with van der Waals surface area (Å²) in [6.45, 7) is 4.18. The predicted molar refractivity (Wildman–Crippen MR) is 200 cm³/mol. The van der Waals surface area contributed by atoms with Crippen LogP contribution in [-0.2, 0) is 4.74 Å². The van der Waals surface area contributed by atoms with Crippen LogP contribution < -0.4 is 5.32 Å². The molecule has 278 valence electrons. The Bertz CT molecular complexity index is 755. The van der Waals surface area contributed by atoms with Crippen molar-refractivity contribution in [1.82, 2.24) is 5.32 Å². The van der Waals surface area contributed by atoms with Gasteiger partial charge in [0.1, 0.15) is 24.4 Å². The number of aliphatic hydroxyl groups is 5. The Kier molecular flexibility index (Phi) is 28.6. The number of thiocarbonyl (C=S) groups is 1. The number of hydrogen-bond acceptors (Lipinski definition) is 7. The van der Waals surface area contributed by atoms with Gasteiger partial charge in [-0.05, 0) is 19.3 Å². The van der Waals surface area contributed by atoms with Crippen LogP contribution in [0.3, 0.4) is 0 Å². The number of ether oxygens (including phenoxy) is 1. The molecule has 0 spiro atoms. The summed E-state index contributed by atoms with van der Waals surface area (Å²) in [6.07, 6.45) is 29.6. The van der Waals surface area contributed by atoms with Crippen LogP contribution in [0.25, 0.3) is 0 Å². The number of hydrogen-bond donors (Lipinski definition) is 6. The highest BCUT2D eigenvalue weighted by molar-refractivity contribution is 7.80. The lowest BCUT2D eigenvalue weighted by Crippen LogP contribution is -2.51. The van der Waals surface area contributed by atoms with E-state index in [1.807, 2.05) is 6.92 Å². The van der Waals surface area contributed by atoms with E-state index >= 15 is 0 Å². The molecule has 0 amide bonds. The van der Waals surface area contributed by atoms with Crippen LogP contribution >= 0.6 is 12.2 Å². The van der Waals surface area contributed by atoms with Crippen molar-refractivity contribution in [3.63, 3.8) is 0 Å². The van der Waals surface area contributed by atoms with E-state index in [-0.39, 0.29) is 13.0 Å². The highest BCUT2D eigenvalue weighted by atomic mass is 32.1. The molecule has 0 bridgehead atoms. The number of rotatable bonds is 32. The van der Waals surface area contributed by atoms with Gasteiger partial charge in [0.25, 0.3) is 0 Å². The van der Waals surface area contributed by atoms with Crippen LogP contribution in [0.4, 0.5) is 0 Å². The van der Waals surface area contributed by atoms with Gasteiger partial charge in [0.05, 0.1) is 29.8 Å². The molecule has 47 heavy (non-hydrogen) atoms. The molecule has 1 rings (SSSR count). The van der Waals surface area contributed by atoms with E-state index in [9.17, 15) is 25.5 Å². The topological polar surface area (TPSA) is 122 Å². The van der Waals surface area contributed by atoms with Crippen LogP contribution in [0.1, 0.15) is 181 Å². The highest BCUT2D eigenvalue weighted by Crippen LogP contribution is 2.19. The molecule has 0 saturated heterocycles. The Hall–Kier alpha value is -0.610. The molecule has 1 aliphatic carbocycles. The Morgan fingerprint density at radius 3 is 1.49 bits per heavy atom. The maximum Gasteiger partial charge on any atom is 0.112 e. The molecule has 0 saturated carbocycles. The maximum atomic E-state index is 10.8. The zero-order valence-corrected chi connectivity index (χ0v) is 31.2. The Labute approximate surface area is 294 Å². The standard InChI is InChI=1S/C39H75NO6S/c1-3-5-6-7-8-9-10-11-12-13-14-15-16-17-18-19-20-21-22-23-24-25-26-27-37(47)40-33(35(43)30-32(41)4-2)31-46-36-29-28-34(42)38(44)39(36)45/h28-29,32-36,38-39,41-45H,3-27,30-31H2,1-2H3,(H,40,47). The highest BCUT2D eigenvalue weighted by Gasteiger charge is 2.34. The summed E-state index contributed by atoms with van der Waals surface area (Å²) in [5, 5.41) is 53.9. The molecule has 0 fully saturated rings. The normalized spacial score (nSPS) is 21.5. The zero-order valence-electron chi connectivity index (χ0n) is 30.3. The first kappa shape index (κ1) is 44.4. The Balaban J connectivity index is 2.03. The Morgan fingerprint density at radius 1 is 0.638 bits per heavy atom. The van der Waals surface area contributed by atoms with Crippen molar-refractivity contribution < 1.29 is 30.3 Å². The van der Waals surface area contributed by atoms with E-state index in [2.05, 4.69) is 12.2 Å². The Morgan fingerprint density at radius 2 is 1.06 bits per heavy atom. The third-order valence-electron chi connectivity index (χ3n) is 9.81. The average Bonchev–Trinajstić information content (AvgIpc) is 3.06. The van der Waals surface area contributed by atoms with Gasteiger partial charge in [-0.25, -0.2) is 0 Å². The smallest absolute Gasteiger partial charge is 0.112 e. The van der Waals surface area contributed by atoms with Crippen LogP contribution in [-0.4, -0.2) is 79.8 Å². The van der Waals surface area contributed by atoms with E-state index in [1.54, 1.807) is 0 Å². The van der Waals surface area contributed by atoms with Gasteiger partial charge in [-0.15, -0.1) is 0 Å². The predicted octanol–water partition coefficient (Wildman–Crippen LogP) is 8.21.